The van der Waals surface area contributed by atoms with Crippen LogP contribution in [0.15, 0.2) is 29.6 Å². The molecule has 0 aliphatic rings. The van der Waals surface area contributed by atoms with Gasteiger partial charge >= 0.3 is 0 Å². The van der Waals surface area contributed by atoms with Crippen molar-refractivity contribution in [1.82, 2.24) is 0 Å². The van der Waals surface area contributed by atoms with Crippen LogP contribution in [0.4, 0.5) is 5.69 Å². The summed E-state index contributed by atoms with van der Waals surface area (Å²) in [4.78, 5) is 13.3. The van der Waals surface area contributed by atoms with Gasteiger partial charge in [0.05, 0.1) is 12.0 Å². The van der Waals surface area contributed by atoms with Gasteiger partial charge in [0.1, 0.15) is 5.75 Å². The summed E-state index contributed by atoms with van der Waals surface area (Å²) in [6, 6.07) is 7.44. The summed E-state index contributed by atoms with van der Waals surface area (Å²) >= 11 is 1.37. The maximum Gasteiger partial charge on any atom is 0.266 e. The van der Waals surface area contributed by atoms with Crippen LogP contribution in [-0.2, 0) is 6.42 Å². The average Bonchev–Trinajstić information content (AvgIpc) is 3.14. The molecule has 0 radical (unpaired) electrons. The monoisotopic (exact) mass is 449 g/mol. The first-order valence-corrected chi connectivity index (χ1v) is 13.5. The van der Waals surface area contributed by atoms with Crippen molar-refractivity contribution in [3.63, 3.8) is 0 Å². The quantitative estimate of drug-likeness (QED) is 0.430. The average molecular weight is 450 g/mol. The van der Waals surface area contributed by atoms with Crippen LogP contribution in [-0.4, -0.2) is 33.0 Å². The molecule has 0 bridgehead atoms. The maximum atomic E-state index is 12.7. The molecule has 0 saturated heterocycles. The summed E-state index contributed by atoms with van der Waals surface area (Å²) in [7, 11) is -0.494. The number of methoxy groups -OCH3 is 1. The largest absolute Gasteiger partial charge is 0.540 e. The standard InChI is InChI=1S/C23H35NO4SSi/c1-15(2)30(16(3)4,17(5)6)28-20-9-8-19(14-21(20)27-7)24-23(26)22-18(10-12-25)11-13-29-22/h8-9,11,13-17,25H,10,12H2,1-7H3,(H,24,26). The van der Waals surface area contributed by atoms with Gasteiger partial charge in [-0.05, 0) is 52.2 Å². The molecular formula is C23H35NO4SSi. The first-order chi connectivity index (χ1) is 14.2. The zero-order valence-electron chi connectivity index (χ0n) is 19.1. The Morgan fingerprint density at radius 3 is 2.23 bits per heavy atom. The molecule has 7 heteroatoms. The van der Waals surface area contributed by atoms with E-state index in [1.165, 1.54) is 11.3 Å². The number of hydrogen-bond donors (Lipinski definition) is 2. The van der Waals surface area contributed by atoms with E-state index >= 15 is 0 Å². The highest BCUT2D eigenvalue weighted by Gasteiger charge is 2.47. The van der Waals surface area contributed by atoms with Gasteiger partial charge in [0.15, 0.2) is 5.75 Å². The molecule has 0 aliphatic carbocycles. The van der Waals surface area contributed by atoms with Crippen LogP contribution < -0.4 is 14.5 Å². The van der Waals surface area contributed by atoms with Crippen LogP contribution in [0.3, 0.4) is 0 Å². The van der Waals surface area contributed by atoms with Crippen LogP contribution >= 0.6 is 11.3 Å². The molecule has 0 unspecified atom stereocenters. The van der Waals surface area contributed by atoms with E-state index in [1.807, 2.05) is 29.6 Å². The third-order valence-corrected chi connectivity index (χ3v) is 12.7. The number of thiophene rings is 1. The van der Waals surface area contributed by atoms with Gasteiger partial charge in [0, 0.05) is 18.4 Å². The lowest BCUT2D eigenvalue weighted by Crippen LogP contribution is -2.50. The molecule has 5 nitrogen and oxygen atoms in total. The van der Waals surface area contributed by atoms with E-state index < -0.39 is 8.32 Å². The van der Waals surface area contributed by atoms with Crippen molar-refractivity contribution in [3.05, 3.63) is 40.1 Å². The second-order valence-corrected chi connectivity index (χ2v) is 14.8. The maximum absolute atomic E-state index is 12.7. The molecule has 0 spiro atoms. The Morgan fingerprint density at radius 1 is 1.07 bits per heavy atom. The van der Waals surface area contributed by atoms with Gasteiger partial charge in [-0.25, -0.2) is 0 Å². The van der Waals surface area contributed by atoms with Crippen LogP contribution in [0.1, 0.15) is 56.8 Å². The van der Waals surface area contributed by atoms with E-state index in [-0.39, 0.29) is 12.5 Å². The summed E-state index contributed by atoms with van der Waals surface area (Å²) in [5.41, 5.74) is 2.85. The van der Waals surface area contributed by atoms with Crippen LogP contribution in [0.5, 0.6) is 11.5 Å². The van der Waals surface area contributed by atoms with Crippen molar-refractivity contribution in [2.75, 3.05) is 19.0 Å². The predicted octanol–water partition coefficient (Wildman–Crippen LogP) is 6.10. The van der Waals surface area contributed by atoms with E-state index in [0.29, 0.717) is 39.4 Å². The van der Waals surface area contributed by atoms with Crippen LogP contribution in [0, 0.1) is 0 Å². The van der Waals surface area contributed by atoms with E-state index in [1.54, 1.807) is 7.11 Å². The third kappa shape index (κ3) is 5.07. The number of aliphatic hydroxyl groups excluding tert-OH is 1. The number of carbonyl (C=O) groups is 1. The van der Waals surface area contributed by atoms with E-state index in [2.05, 4.69) is 46.9 Å². The third-order valence-electron chi connectivity index (χ3n) is 5.75. The van der Waals surface area contributed by atoms with Crippen LogP contribution in [0.2, 0.25) is 16.6 Å². The molecule has 1 aromatic heterocycles. The van der Waals surface area contributed by atoms with E-state index in [4.69, 9.17) is 9.16 Å². The van der Waals surface area contributed by atoms with Crippen LogP contribution in [0.25, 0.3) is 0 Å². The number of benzene rings is 1. The number of nitrogens with one attached hydrogen (secondary N) is 1. The number of anilines is 1. The van der Waals surface area contributed by atoms with Crippen molar-refractivity contribution >= 4 is 31.2 Å². The summed E-state index contributed by atoms with van der Waals surface area (Å²) in [6.45, 7) is 13.5. The van der Waals surface area contributed by atoms with Crippen molar-refractivity contribution < 1.29 is 19.1 Å². The normalized spacial score (nSPS) is 12.0. The molecule has 2 aromatic rings. The fourth-order valence-corrected chi connectivity index (χ4v) is 10.5. The number of aliphatic hydroxyl groups is 1. The molecule has 2 rings (SSSR count). The fraction of sp³-hybridized carbons (Fsp3) is 0.522. The Balaban J connectivity index is 2.30. The van der Waals surface area contributed by atoms with Crippen molar-refractivity contribution in [2.24, 2.45) is 0 Å². The Labute approximate surface area is 185 Å². The SMILES string of the molecule is COc1cc(NC(=O)c2sccc2CCO)ccc1O[Si](C(C)C)(C(C)C)C(C)C. The van der Waals surface area contributed by atoms with Gasteiger partial charge in [-0.1, -0.05) is 41.5 Å². The highest BCUT2D eigenvalue weighted by atomic mass is 32.1. The smallest absolute Gasteiger partial charge is 0.266 e. The zero-order chi connectivity index (χ0) is 22.5. The lowest BCUT2D eigenvalue weighted by Gasteiger charge is -2.42. The number of amides is 1. The molecule has 0 aliphatic heterocycles. The molecule has 1 heterocycles. The Bertz CT molecular complexity index is 826. The summed E-state index contributed by atoms with van der Waals surface area (Å²) < 4.78 is 12.4. The molecule has 30 heavy (non-hydrogen) atoms. The molecule has 0 saturated carbocycles. The minimum absolute atomic E-state index is 0.0179. The van der Waals surface area contributed by atoms with Crippen molar-refractivity contribution in [2.45, 2.75) is 64.6 Å². The highest BCUT2D eigenvalue weighted by molar-refractivity contribution is 7.12. The number of hydrogen-bond acceptors (Lipinski definition) is 5. The lowest BCUT2D eigenvalue weighted by atomic mass is 10.2. The van der Waals surface area contributed by atoms with E-state index in [9.17, 15) is 9.90 Å². The molecular weight excluding hydrogens is 414 g/mol. The van der Waals surface area contributed by atoms with Gasteiger partial charge < -0.3 is 19.6 Å². The number of ether oxygens (including phenoxy) is 1. The Morgan fingerprint density at radius 2 is 1.70 bits per heavy atom. The predicted molar refractivity (Wildman–Crippen MR) is 128 cm³/mol. The number of rotatable bonds is 10. The Kier molecular flexibility index (Phi) is 8.52. The summed E-state index contributed by atoms with van der Waals surface area (Å²) in [5.74, 6) is 1.17. The lowest BCUT2D eigenvalue weighted by molar-refractivity contribution is 0.102. The minimum Gasteiger partial charge on any atom is -0.540 e. The second-order valence-electron chi connectivity index (χ2n) is 8.49. The van der Waals surface area contributed by atoms with Crippen molar-refractivity contribution in [1.29, 1.82) is 0 Å². The molecule has 1 aromatic carbocycles. The molecule has 0 fully saturated rings. The van der Waals surface area contributed by atoms with Gasteiger partial charge in [-0.3, -0.25) is 4.79 Å². The first-order valence-electron chi connectivity index (χ1n) is 10.5. The Hall–Kier alpha value is -1.83. The summed E-state index contributed by atoms with van der Waals surface area (Å²) in [5, 5.41) is 14.0. The fourth-order valence-electron chi connectivity index (χ4n) is 4.41. The van der Waals surface area contributed by atoms with Gasteiger partial charge in [0.2, 0.25) is 0 Å². The highest BCUT2D eigenvalue weighted by Crippen LogP contribution is 2.45. The second kappa shape index (κ2) is 10.5. The zero-order valence-corrected chi connectivity index (χ0v) is 20.9. The van der Waals surface area contributed by atoms with Gasteiger partial charge in [-0.15, -0.1) is 11.3 Å². The molecule has 0 atom stereocenters. The van der Waals surface area contributed by atoms with Gasteiger partial charge in [-0.2, -0.15) is 0 Å². The van der Waals surface area contributed by atoms with E-state index in [0.717, 1.165) is 11.3 Å². The molecule has 1 amide bonds. The number of carbonyl (C=O) groups excluding carboxylic acids is 1. The summed E-state index contributed by atoms with van der Waals surface area (Å²) in [6.07, 6.45) is 0.467. The van der Waals surface area contributed by atoms with Crippen molar-refractivity contribution in [3.8, 4) is 11.5 Å². The topological polar surface area (TPSA) is 67.8 Å². The molecule has 166 valence electrons. The first kappa shape index (κ1) is 24.4. The minimum atomic E-state index is -2.12. The van der Waals surface area contributed by atoms with Gasteiger partial charge in [0.25, 0.3) is 14.2 Å². The molecule has 2 N–H and O–H groups in total.